The van der Waals surface area contributed by atoms with E-state index in [4.69, 9.17) is 10.00 Å². The highest BCUT2D eigenvalue weighted by atomic mass is 16.5. The molecule has 1 rings (SSSR count). The summed E-state index contributed by atoms with van der Waals surface area (Å²) in [6, 6.07) is 7.45. The molecule has 0 spiro atoms. The van der Waals surface area contributed by atoms with Gasteiger partial charge in [-0.15, -0.1) is 6.58 Å². The van der Waals surface area contributed by atoms with Crippen LogP contribution in [0.25, 0.3) is 6.08 Å². The molecule has 20 heavy (non-hydrogen) atoms. The number of hydrogen-bond donors (Lipinski definition) is 0. The van der Waals surface area contributed by atoms with Gasteiger partial charge in [-0.25, -0.2) is 0 Å². The molecule has 1 aromatic rings. The molecule has 0 radical (unpaired) electrons. The Morgan fingerprint density at radius 1 is 1.50 bits per heavy atom. The first-order valence-electron chi connectivity index (χ1n) is 6.14. The van der Waals surface area contributed by atoms with Crippen LogP contribution in [0.5, 0.6) is 5.75 Å². The third kappa shape index (κ3) is 3.72. The van der Waals surface area contributed by atoms with Crippen LogP contribution in [0.3, 0.4) is 0 Å². The maximum Gasteiger partial charge on any atom is 0.264 e. The zero-order valence-electron chi connectivity index (χ0n) is 12.0. The number of benzene rings is 1. The SMILES string of the molecule is C=CCc1cc(/C=C(/C#N)C(=O)N(C)C)ccc1OC. The number of nitrogens with zero attached hydrogens (tertiary/aromatic N) is 2. The second-order valence-corrected chi connectivity index (χ2v) is 4.43. The fraction of sp³-hybridized carbons (Fsp3) is 0.250. The molecule has 0 atom stereocenters. The first kappa shape index (κ1) is 15.5. The summed E-state index contributed by atoms with van der Waals surface area (Å²) in [5.41, 5.74) is 1.85. The summed E-state index contributed by atoms with van der Waals surface area (Å²) in [5.74, 6) is 0.452. The molecule has 1 amide bonds. The van der Waals surface area contributed by atoms with E-state index in [1.54, 1.807) is 33.4 Å². The van der Waals surface area contributed by atoms with Gasteiger partial charge in [0.15, 0.2) is 0 Å². The van der Waals surface area contributed by atoms with Gasteiger partial charge >= 0.3 is 0 Å². The van der Waals surface area contributed by atoms with Crippen molar-refractivity contribution < 1.29 is 9.53 Å². The number of carbonyl (C=O) groups excluding carboxylic acids is 1. The summed E-state index contributed by atoms with van der Waals surface area (Å²) in [4.78, 5) is 13.2. The number of rotatable bonds is 5. The van der Waals surface area contributed by atoms with Crippen LogP contribution in [0, 0.1) is 11.3 Å². The Morgan fingerprint density at radius 2 is 2.20 bits per heavy atom. The van der Waals surface area contributed by atoms with Gasteiger partial charge in [-0.1, -0.05) is 12.1 Å². The molecular formula is C16H18N2O2. The zero-order chi connectivity index (χ0) is 15.1. The van der Waals surface area contributed by atoms with Crippen molar-refractivity contribution in [3.05, 3.63) is 47.6 Å². The van der Waals surface area contributed by atoms with Gasteiger partial charge in [0, 0.05) is 14.1 Å². The van der Waals surface area contributed by atoms with E-state index in [1.807, 2.05) is 24.3 Å². The van der Waals surface area contributed by atoms with Crippen LogP contribution in [0.15, 0.2) is 36.4 Å². The Bertz CT molecular complexity index is 581. The number of methoxy groups -OCH3 is 1. The number of amides is 1. The van der Waals surface area contributed by atoms with Gasteiger partial charge in [-0.05, 0) is 35.8 Å². The minimum absolute atomic E-state index is 0.102. The lowest BCUT2D eigenvalue weighted by Crippen LogP contribution is -2.22. The van der Waals surface area contributed by atoms with Crippen molar-refractivity contribution in [2.75, 3.05) is 21.2 Å². The summed E-state index contributed by atoms with van der Waals surface area (Å²) in [7, 11) is 4.84. The number of ether oxygens (including phenoxy) is 1. The van der Waals surface area contributed by atoms with E-state index in [-0.39, 0.29) is 11.5 Å². The third-order valence-electron chi connectivity index (χ3n) is 2.74. The van der Waals surface area contributed by atoms with Crippen LogP contribution in [0.4, 0.5) is 0 Å². The van der Waals surface area contributed by atoms with Crippen LogP contribution in [-0.4, -0.2) is 32.0 Å². The van der Waals surface area contributed by atoms with Gasteiger partial charge in [-0.3, -0.25) is 4.79 Å². The molecule has 1 aromatic carbocycles. The van der Waals surface area contributed by atoms with Crippen molar-refractivity contribution in [3.8, 4) is 11.8 Å². The maximum atomic E-state index is 11.8. The highest BCUT2D eigenvalue weighted by molar-refractivity contribution is 6.01. The van der Waals surface area contributed by atoms with Crippen molar-refractivity contribution in [2.45, 2.75) is 6.42 Å². The molecule has 0 bridgehead atoms. The van der Waals surface area contributed by atoms with Crippen molar-refractivity contribution in [1.29, 1.82) is 5.26 Å². The van der Waals surface area contributed by atoms with E-state index >= 15 is 0 Å². The molecule has 0 fully saturated rings. The normalized spacial score (nSPS) is 10.6. The van der Waals surface area contributed by atoms with E-state index in [1.165, 1.54) is 4.90 Å². The Hall–Kier alpha value is -2.54. The Labute approximate surface area is 119 Å². The van der Waals surface area contributed by atoms with E-state index in [0.29, 0.717) is 6.42 Å². The Morgan fingerprint density at radius 3 is 2.70 bits per heavy atom. The molecule has 0 aliphatic heterocycles. The predicted octanol–water partition coefficient (Wildman–Crippen LogP) is 2.42. The fourth-order valence-corrected chi connectivity index (χ4v) is 1.75. The number of likely N-dealkylation sites (N-methyl/N-ethyl adjacent to an activating group) is 1. The summed E-state index contributed by atoms with van der Waals surface area (Å²) >= 11 is 0. The standard InChI is InChI=1S/C16H18N2O2/c1-5-6-13-9-12(7-8-15(13)20-4)10-14(11-17)16(19)18(2)3/h5,7-10H,1,6H2,2-4H3/b14-10-. The van der Waals surface area contributed by atoms with Crippen LogP contribution >= 0.6 is 0 Å². The van der Waals surface area contributed by atoms with E-state index < -0.39 is 0 Å². The fourth-order valence-electron chi connectivity index (χ4n) is 1.75. The molecule has 4 heteroatoms. The monoisotopic (exact) mass is 270 g/mol. The minimum atomic E-state index is -0.311. The lowest BCUT2D eigenvalue weighted by Gasteiger charge is -2.10. The molecule has 0 unspecified atom stereocenters. The first-order chi connectivity index (χ1) is 9.53. The second kappa shape index (κ2) is 7.15. The van der Waals surface area contributed by atoms with Gasteiger partial charge in [0.2, 0.25) is 0 Å². The molecule has 0 aliphatic carbocycles. The molecule has 4 nitrogen and oxygen atoms in total. The van der Waals surface area contributed by atoms with E-state index in [9.17, 15) is 4.79 Å². The number of nitriles is 1. The number of carbonyl (C=O) groups is 1. The Kier molecular flexibility index (Phi) is 5.55. The highest BCUT2D eigenvalue weighted by Gasteiger charge is 2.11. The lowest BCUT2D eigenvalue weighted by atomic mass is 10.0. The average molecular weight is 270 g/mol. The second-order valence-electron chi connectivity index (χ2n) is 4.43. The summed E-state index contributed by atoms with van der Waals surface area (Å²) in [6.45, 7) is 3.71. The minimum Gasteiger partial charge on any atom is -0.496 e. The van der Waals surface area contributed by atoms with Gasteiger partial charge in [0.25, 0.3) is 5.91 Å². The van der Waals surface area contributed by atoms with Gasteiger partial charge in [-0.2, -0.15) is 5.26 Å². The van der Waals surface area contributed by atoms with Crippen LogP contribution in [0.1, 0.15) is 11.1 Å². The molecule has 104 valence electrons. The molecule has 0 N–H and O–H groups in total. The van der Waals surface area contributed by atoms with Crippen molar-refractivity contribution in [3.63, 3.8) is 0 Å². The quantitative estimate of drug-likeness (QED) is 0.469. The van der Waals surface area contributed by atoms with Crippen LogP contribution < -0.4 is 4.74 Å². The van der Waals surface area contributed by atoms with Crippen LogP contribution in [-0.2, 0) is 11.2 Å². The summed E-state index contributed by atoms with van der Waals surface area (Å²) in [6.07, 6.45) is 4.02. The molecule has 0 aromatic heterocycles. The molecule has 0 aliphatic rings. The smallest absolute Gasteiger partial charge is 0.264 e. The van der Waals surface area contributed by atoms with Crippen LogP contribution in [0.2, 0.25) is 0 Å². The topological polar surface area (TPSA) is 53.3 Å². The third-order valence-corrected chi connectivity index (χ3v) is 2.74. The summed E-state index contributed by atoms with van der Waals surface area (Å²) < 4.78 is 5.26. The zero-order valence-corrected chi connectivity index (χ0v) is 12.0. The predicted molar refractivity (Wildman–Crippen MR) is 79.2 cm³/mol. The largest absolute Gasteiger partial charge is 0.496 e. The first-order valence-corrected chi connectivity index (χ1v) is 6.14. The Balaban J connectivity index is 3.20. The molecule has 0 heterocycles. The lowest BCUT2D eigenvalue weighted by molar-refractivity contribution is -0.124. The average Bonchev–Trinajstić information content (AvgIpc) is 2.44. The summed E-state index contributed by atoms with van der Waals surface area (Å²) in [5, 5.41) is 9.07. The number of hydrogen-bond acceptors (Lipinski definition) is 3. The van der Waals surface area contributed by atoms with Crippen molar-refractivity contribution in [1.82, 2.24) is 4.90 Å². The van der Waals surface area contributed by atoms with Gasteiger partial charge in [0.05, 0.1) is 7.11 Å². The molecule has 0 saturated carbocycles. The maximum absolute atomic E-state index is 11.8. The highest BCUT2D eigenvalue weighted by Crippen LogP contribution is 2.22. The number of allylic oxidation sites excluding steroid dienone is 1. The van der Waals surface area contributed by atoms with Gasteiger partial charge < -0.3 is 9.64 Å². The van der Waals surface area contributed by atoms with Gasteiger partial charge in [0.1, 0.15) is 17.4 Å². The van der Waals surface area contributed by atoms with E-state index in [0.717, 1.165) is 16.9 Å². The van der Waals surface area contributed by atoms with E-state index in [2.05, 4.69) is 6.58 Å². The molecular weight excluding hydrogens is 252 g/mol. The van der Waals surface area contributed by atoms with Crippen molar-refractivity contribution in [2.24, 2.45) is 0 Å². The molecule has 0 saturated heterocycles. The van der Waals surface area contributed by atoms with Crippen molar-refractivity contribution >= 4 is 12.0 Å².